The van der Waals surface area contributed by atoms with Crippen molar-refractivity contribution in [3.05, 3.63) is 23.8 Å². The number of unbranched alkanes of at least 4 members (excludes halogenated alkanes) is 4. The Bertz CT molecular complexity index is 710. The van der Waals surface area contributed by atoms with Gasteiger partial charge < -0.3 is 19.7 Å². The molecule has 1 atom stereocenters. The average molecular weight is 415 g/mol. The van der Waals surface area contributed by atoms with E-state index in [9.17, 15) is 4.79 Å². The van der Waals surface area contributed by atoms with Crippen LogP contribution in [-0.4, -0.2) is 49.7 Å². The van der Waals surface area contributed by atoms with E-state index < -0.39 is 0 Å². The average Bonchev–Trinajstić information content (AvgIpc) is 3.42. The number of carbonyl (C=O) groups is 1. The molecule has 1 aromatic rings. The molecule has 1 aromatic carbocycles. The van der Waals surface area contributed by atoms with Gasteiger partial charge in [-0.15, -0.1) is 0 Å². The number of rotatable bonds is 11. The Morgan fingerprint density at radius 2 is 1.80 bits per heavy atom. The lowest BCUT2D eigenvalue weighted by molar-refractivity contribution is -0.122. The van der Waals surface area contributed by atoms with Gasteiger partial charge in [-0.05, 0) is 62.9 Å². The van der Waals surface area contributed by atoms with E-state index in [0.29, 0.717) is 19.6 Å². The summed E-state index contributed by atoms with van der Waals surface area (Å²) in [5.74, 6) is 1.92. The van der Waals surface area contributed by atoms with Gasteiger partial charge in [-0.3, -0.25) is 4.79 Å². The van der Waals surface area contributed by atoms with Crippen LogP contribution < -0.4 is 14.8 Å². The van der Waals surface area contributed by atoms with Crippen molar-refractivity contribution in [3.8, 4) is 11.5 Å². The van der Waals surface area contributed by atoms with Crippen LogP contribution >= 0.6 is 0 Å². The summed E-state index contributed by atoms with van der Waals surface area (Å²) in [5.41, 5.74) is 1.33. The Balaban J connectivity index is 1.44. The second kappa shape index (κ2) is 10.0. The topological polar surface area (TPSA) is 50.8 Å². The van der Waals surface area contributed by atoms with Crippen LogP contribution in [0.2, 0.25) is 0 Å². The van der Waals surface area contributed by atoms with Crippen molar-refractivity contribution in [2.45, 2.75) is 82.6 Å². The molecule has 0 bridgehead atoms. The van der Waals surface area contributed by atoms with Crippen LogP contribution in [0.25, 0.3) is 0 Å². The van der Waals surface area contributed by atoms with E-state index in [1.165, 1.54) is 37.7 Å². The summed E-state index contributed by atoms with van der Waals surface area (Å²) in [6, 6.07) is 6.57. The summed E-state index contributed by atoms with van der Waals surface area (Å²) >= 11 is 0. The highest BCUT2D eigenvalue weighted by Crippen LogP contribution is 2.53. The summed E-state index contributed by atoms with van der Waals surface area (Å²) in [7, 11) is 0. The van der Waals surface area contributed by atoms with Gasteiger partial charge in [0.05, 0.1) is 6.04 Å². The third-order valence-electron chi connectivity index (χ3n) is 7.05. The molecule has 1 saturated heterocycles. The highest BCUT2D eigenvalue weighted by Gasteiger charge is 2.52. The van der Waals surface area contributed by atoms with Gasteiger partial charge >= 0.3 is 0 Å². The normalized spacial score (nSPS) is 20.7. The smallest absolute Gasteiger partial charge is 0.220 e. The van der Waals surface area contributed by atoms with Gasteiger partial charge in [-0.25, -0.2) is 0 Å². The highest BCUT2D eigenvalue weighted by molar-refractivity contribution is 5.76. The predicted octanol–water partition coefficient (Wildman–Crippen LogP) is 4.43. The summed E-state index contributed by atoms with van der Waals surface area (Å²) in [4.78, 5) is 15.4. The molecule has 0 radical (unpaired) electrons. The van der Waals surface area contributed by atoms with E-state index in [2.05, 4.69) is 29.3 Å². The summed E-state index contributed by atoms with van der Waals surface area (Å²) in [6.07, 6.45) is 11.4. The van der Waals surface area contributed by atoms with Crippen molar-refractivity contribution < 1.29 is 14.3 Å². The van der Waals surface area contributed by atoms with E-state index in [0.717, 1.165) is 56.8 Å². The second-order valence-electron chi connectivity index (χ2n) is 9.31. The molecule has 0 spiro atoms. The van der Waals surface area contributed by atoms with Gasteiger partial charge in [0.25, 0.3) is 0 Å². The maximum atomic E-state index is 12.8. The molecule has 166 valence electrons. The molecule has 1 aliphatic carbocycles. The fourth-order valence-corrected chi connectivity index (χ4v) is 5.06. The van der Waals surface area contributed by atoms with Gasteiger partial charge in [0.1, 0.15) is 13.2 Å². The van der Waals surface area contributed by atoms with Crippen molar-refractivity contribution >= 4 is 5.91 Å². The first-order valence-electron chi connectivity index (χ1n) is 12.1. The molecule has 3 aliphatic rings. The molecule has 2 heterocycles. The predicted molar refractivity (Wildman–Crippen MR) is 119 cm³/mol. The lowest BCUT2D eigenvalue weighted by atomic mass is 9.87. The number of fused-ring (bicyclic) bond motifs is 1. The molecule has 5 heteroatoms. The van der Waals surface area contributed by atoms with Crippen molar-refractivity contribution in [1.29, 1.82) is 0 Å². The number of carbonyl (C=O) groups excluding carboxylic acids is 1. The monoisotopic (exact) mass is 414 g/mol. The number of amides is 1. The maximum absolute atomic E-state index is 12.8. The largest absolute Gasteiger partial charge is 0.486 e. The zero-order valence-electron chi connectivity index (χ0n) is 18.6. The number of ether oxygens (including phenoxy) is 2. The van der Waals surface area contributed by atoms with Crippen LogP contribution in [0, 0.1) is 0 Å². The molecule has 2 fully saturated rings. The fraction of sp³-hybridized carbons (Fsp3) is 0.720. The molecule has 2 aliphatic heterocycles. The first kappa shape index (κ1) is 21.5. The van der Waals surface area contributed by atoms with Crippen molar-refractivity contribution in [2.75, 3.05) is 32.8 Å². The maximum Gasteiger partial charge on any atom is 0.220 e. The fourth-order valence-electron chi connectivity index (χ4n) is 5.06. The highest BCUT2D eigenvalue weighted by atomic mass is 16.6. The minimum absolute atomic E-state index is 0.0380. The van der Waals surface area contributed by atoms with Crippen LogP contribution in [0.4, 0.5) is 0 Å². The molecule has 4 rings (SSSR count). The first-order valence-corrected chi connectivity index (χ1v) is 12.1. The lowest BCUT2D eigenvalue weighted by Gasteiger charge is -2.33. The molecule has 0 unspecified atom stereocenters. The molecular formula is C25H38N2O3. The number of benzene rings is 1. The number of hydrogen-bond acceptors (Lipinski definition) is 4. The first-order chi connectivity index (χ1) is 14.7. The van der Waals surface area contributed by atoms with Crippen molar-refractivity contribution in [1.82, 2.24) is 10.2 Å². The van der Waals surface area contributed by atoms with Gasteiger partial charge in [0.2, 0.25) is 5.91 Å². The summed E-state index contributed by atoms with van der Waals surface area (Å²) in [6.45, 7) is 6.71. The lowest BCUT2D eigenvalue weighted by Crippen LogP contribution is -2.50. The third-order valence-corrected chi connectivity index (χ3v) is 7.05. The van der Waals surface area contributed by atoms with Gasteiger partial charge in [0, 0.05) is 18.4 Å². The summed E-state index contributed by atoms with van der Waals surface area (Å²) < 4.78 is 11.6. The van der Waals surface area contributed by atoms with Crippen LogP contribution in [0.3, 0.4) is 0 Å². The molecular weight excluding hydrogens is 376 g/mol. The molecule has 30 heavy (non-hydrogen) atoms. The van der Waals surface area contributed by atoms with E-state index in [1.54, 1.807) is 0 Å². The standard InChI is InChI=1S/C25H38N2O3/c1-2-3-4-5-6-9-24(28)26-23(19-27-14-7-8-15-27)25(12-13-25)20-10-11-21-22(18-20)30-17-16-29-21/h10-11,18,23H,2-9,12-17,19H2,1H3,(H,26,28)/t23-/m1/s1. The molecule has 1 N–H and O–H groups in total. The summed E-state index contributed by atoms with van der Waals surface area (Å²) in [5, 5.41) is 3.46. The zero-order valence-corrected chi connectivity index (χ0v) is 18.6. The Hall–Kier alpha value is -1.75. The van der Waals surface area contributed by atoms with Gasteiger partial charge in [-0.2, -0.15) is 0 Å². The number of likely N-dealkylation sites (tertiary alicyclic amines) is 1. The molecule has 1 amide bonds. The Morgan fingerprint density at radius 1 is 1.07 bits per heavy atom. The third kappa shape index (κ3) is 5.11. The number of nitrogens with one attached hydrogen (secondary N) is 1. The molecule has 5 nitrogen and oxygen atoms in total. The quantitative estimate of drug-likeness (QED) is 0.544. The second-order valence-corrected chi connectivity index (χ2v) is 9.31. The van der Waals surface area contributed by atoms with E-state index in [-0.39, 0.29) is 17.4 Å². The van der Waals surface area contributed by atoms with Gasteiger partial charge in [-0.1, -0.05) is 38.7 Å². The van der Waals surface area contributed by atoms with E-state index in [1.807, 2.05) is 6.07 Å². The Kier molecular flexibility index (Phi) is 7.19. The van der Waals surface area contributed by atoms with Crippen LogP contribution in [0.1, 0.15) is 76.7 Å². The van der Waals surface area contributed by atoms with Crippen molar-refractivity contribution in [2.24, 2.45) is 0 Å². The number of nitrogens with zero attached hydrogens (tertiary/aromatic N) is 1. The Labute approximate surface area is 181 Å². The minimum Gasteiger partial charge on any atom is -0.486 e. The molecule has 1 saturated carbocycles. The van der Waals surface area contributed by atoms with Crippen LogP contribution in [0.5, 0.6) is 11.5 Å². The minimum atomic E-state index is 0.0380. The van der Waals surface area contributed by atoms with Crippen LogP contribution in [-0.2, 0) is 10.2 Å². The molecule has 0 aromatic heterocycles. The Morgan fingerprint density at radius 3 is 2.53 bits per heavy atom. The van der Waals surface area contributed by atoms with Crippen LogP contribution in [0.15, 0.2) is 18.2 Å². The van der Waals surface area contributed by atoms with Crippen molar-refractivity contribution in [3.63, 3.8) is 0 Å². The van der Waals surface area contributed by atoms with E-state index >= 15 is 0 Å². The SMILES string of the molecule is CCCCCCCC(=O)N[C@H](CN1CCCC1)C1(c2ccc3c(c2)OCCO3)CC1. The van der Waals surface area contributed by atoms with E-state index in [4.69, 9.17) is 9.47 Å². The number of hydrogen-bond donors (Lipinski definition) is 1. The zero-order chi connectivity index (χ0) is 20.8. The van der Waals surface area contributed by atoms with Gasteiger partial charge in [0.15, 0.2) is 11.5 Å².